The fourth-order valence-corrected chi connectivity index (χ4v) is 3.23. The summed E-state index contributed by atoms with van der Waals surface area (Å²) < 4.78 is 11.5. The quantitative estimate of drug-likeness (QED) is 0.603. The van der Waals surface area contributed by atoms with Crippen LogP contribution in [0.1, 0.15) is 11.3 Å². The van der Waals surface area contributed by atoms with E-state index in [0.29, 0.717) is 24.7 Å². The summed E-state index contributed by atoms with van der Waals surface area (Å²) in [7, 11) is 0. The van der Waals surface area contributed by atoms with Gasteiger partial charge in [-0.1, -0.05) is 29.8 Å². The van der Waals surface area contributed by atoms with E-state index in [4.69, 9.17) is 14.6 Å². The van der Waals surface area contributed by atoms with Crippen LogP contribution in [0.3, 0.4) is 0 Å². The van der Waals surface area contributed by atoms with E-state index in [0.717, 1.165) is 16.3 Å². The van der Waals surface area contributed by atoms with Crippen LogP contribution in [-0.4, -0.2) is 29.3 Å². The topological polar surface area (TPSA) is 68.7 Å². The van der Waals surface area contributed by atoms with Crippen LogP contribution in [0.15, 0.2) is 53.9 Å². The van der Waals surface area contributed by atoms with Gasteiger partial charge in [-0.05, 0) is 31.2 Å². The second-order valence-electron chi connectivity index (χ2n) is 5.72. The van der Waals surface area contributed by atoms with Gasteiger partial charge in [0.15, 0.2) is 0 Å². The standard InChI is InChI=1S/C20H19NO4S/c1-14-6-8-16(9-7-14)24-10-11-25-18-5-3-2-4-17(18)20-21-15(13-26-20)12-19(22)23/h2-9,13H,10-12H2,1H3,(H,22,23). The number of aliphatic carboxylic acids is 1. The predicted molar refractivity (Wildman–Crippen MR) is 101 cm³/mol. The molecule has 1 aromatic heterocycles. The van der Waals surface area contributed by atoms with Crippen molar-refractivity contribution < 1.29 is 19.4 Å². The molecule has 3 rings (SSSR count). The Morgan fingerprint density at radius 3 is 2.58 bits per heavy atom. The molecule has 0 saturated heterocycles. The van der Waals surface area contributed by atoms with Gasteiger partial charge >= 0.3 is 5.97 Å². The monoisotopic (exact) mass is 369 g/mol. The van der Waals surface area contributed by atoms with Gasteiger partial charge < -0.3 is 14.6 Å². The first-order valence-electron chi connectivity index (χ1n) is 8.19. The summed E-state index contributed by atoms with van der Waals surface area (Å²) in [5.41, 5.74) is 2.59. The molecule has 0 aliphatic heterocycles. The van der Waals surface area contributed by atoms with E-state index < -0.39 is 5.97 Å². The van der Waals surface area contributed by atoms with Gasteiger partial charge in [-0.25, -0.2) is 4.98 Å². The Labute approximate surface area is 155 Å². The molecule has 26 heavy (non-hydrogen) atoms. The van der Waals surface area contributed by atoms with Gasteiger partial charge in [0.2, 0.25) is 0 Å². The Bertz CT molecular complexity index is 874. The van der Waals surface area contributed by atoms with Crippen LogP contribution in [0.25, 0.3) is 10.6 Å². The molecule has 6 heteroatoms. The van der Waals surface area contributed by atoms with E-state index in [-0.39, 0.29) is 6.42 Å². The molecule has 0 fully saturated rings. The van der Waals surface area contributed by atoms with Crippen LogP contribution in [-0.2, 0) is 11.2 Å². The van der Waals surface area contributed by atoms with Crippen molar-refractivity contribution in [1.29, 1.82) is 0 Å². The molecule has 3 aromatic rings. The SMILES string of the molecule is Cc1ccc(OCCOc2ccccc2-c2nc(CC(=O)O)cs2)cc1. The highest BCUT2D eigenvalue weighted by Gasteiger charge is 2.12. The zero-order valence-corrected chi connectivity index (χ0v) is 15.2. The lowest BCUT2D eigenvalue weighted by molar-refractivity contribution is -0.136. The third-order valence-corrected chi connectivity index (χ3v) is 4.56. The summed E-state index contributed by atoms with van der Waals surface area (Å²) in [6.07, 6.45) is -0.0795. The van der Waals surface area contributed by atoms with Crippen LogP contribution in [0, 0.1) is 6.92 Å². The zero-order chi connectivity index (χ0) is 18.4. The molecule has 1 N–H and O–H groups in total. The number of benzene rings is 2. The molecular formula is C20H19NO4S. The van der Waals surface area contributed by atoms with E-state index in [9.17, 15) is 4.79 Å². The summed E-state index contributed by atoms with van der Waals surface area (Å²) in [5.74, 6) is 0.626. The fourth-order valence-electron chi connectivity index (χ4n) is 2.38. The van der Waals surface area contributed by atoms with E-state index in [1.165, 1.54) is 16.9 Å². The minimum absolute atomic E-state index is 0.0795. The number of hydrogen-bond donors (Lipinski definition) is 1. The Kier molecular flexibility index (Phi) is 5.86. The summed E-state index contributed by atoms with van der Waals surface area (Å²) >= 11 is 1.41. The lowest BCUT2D eigenvalue weighted by Gasteiger charge is -2.11. The van der Waals surface area contributed by atoms with Crippen LogP contribution >= 0.6 is 11.3 Å². The third-order valence-electron chi connectivity index (χ3n) is 3.63. The van der Waals surface area contributed by atoms with Gasteiger partial charge in [-0.2, -0.15) is 0 Å². The molecule has 134 valence electrons. The van der Waals surface area contributed by atoms with E-state index in [1.54, 1.807) is 5.38 Å². The van der Waals surface area contributed by atoms with Gasteiger partial charge in [0.25, 0.3) is 0 Å². The number of hydrogen-bond acceptors (Lipinski definition) is 5. The number of aryl methyl sites for hydroxylation is 1. The van der Waals surface area contributed by atoms with E-state index in [2.05, 4.69) is 4.98 Å². The lowest BCUT2D eigenvalue weighted by atomic mass is 10.2. The van der Waals surface area contributed by atoms with Gasteiger partial charge in [-0.3, -0.25) is 4.79 Å². The highest BCUT2D eigenvalue weighted by atomic mass is 32.1. The van der Waals surface area contributed by atoms with Gasteiger partial charge in [-0.15, -0.1) is 11.3 Å². The normalized spacial score (nSPS) is 10.5. The minimum Gasteiger partial charge on any atom is -0.490 e. The zero-order valence-electron chi connectivity index (χ0n) is 14.3. The van der Waals surface area contributed by atoms with Crippen molar-refractivity contribution in [2.24, 2.45) is 0 Å². The number of ether oxygens (including phenoxy) is 2. The highest BCUT2D eigenvalue weighted by Crippen LogP contribution is 2.32. The number of rotatable bonds is 8. The van der Waals surface area contributed by atoms with Crippen molar-refractivity contribution in [2.75, 3.05) is 13.2 Å². The maximum atomic E-state index is 10.8. The molecule has 0 spiro atoms. The molecular weight excluding hydrogens is 350 g/mol. The fraction of sp³-hybridized carbons (Fsp3) is 0.200. The first-order valence-corrected chi connectivity index (χ1v) is 9.07. The lowest BCUT2D eigenvalue weighted by Crippen LogP contribution is -2.09. The minimum atomic E-state index is -0.889. The number of para-hydroxylation sites is 1. The Morgan fingerprint density at radius 1 is 1.08 bits per heavy atom. The number of carbonyl (C=O) groups is 1. The molecule has 0 aliphatic carbocycles. The first kappa shape index (κ1) is 17.9. The molecule has 5 nitrogen and oxygen atoms in total. The molecule has 0 atom stereocenters. The summed E-state index contributed by atoms with van der Waals surface area (Å²) in [6.45, 7) is 2.86. The second kappa shape index (κ2) is 8.49. The van der Waals surface area contributed by atoms with Gasteiger partial charge in [0.05, 0.1) is 17.7 Å². The Balaban J connectivity index is 1.61. The molecule has 1 heterocycles. The molecule has 0 aliphatic rings. The predicted octanol–water partition coefficient (Wildman–Crippen LogP) is 4.20. The maximum Gasteiger partial charge on any atom is 0.309 e. The molecule has 0 unspecified atom stereocenters. The summed E-state index contributed by atoms with van der Waals surface area (Å²) in [5, 5.41) is 11.4. The largest absolute Gasteiger partial charge is 0.490 e. The van der Waals surface area contributed by atoms with Crippen LogP contribution in [0.4, 0.5) is 0 Å². The van der Waals surface area contributed by atoms with Gasteiger partial charge in [0.1, 0.15) is 29.7 Å². The average Bonchev–Trinajstić information content (AvgIpc) is 3.08. The number of aromatic nitrogens is 1. The smallest absolute Gasteiger partial charge is 0.309 e. The van der Waals surface area contributed by atoms with Crippen LogP contribution in [0.2, 0.25) is 0 Å². The summed E-state index contributed by atoms with van der Waals surface area (Å²) in [4.78, 5) is 15.2. The van der Waals surface area contributed by atoms with E-state index in [1.807, 2.05) is 55.5 Å². The molecule has 0 radical (unpaired) electrons. The Hall–Kier alpha value is -2.86. The second-order valence-corrected chi connectivity index (χ2v) is 6.58. The molecule has 0 saturated carbocycles. The molecule has 0 bridgehead atoms. The maximum absolute atomic E-state index is 10.8. The van der Waals surface area contributed by atoms with Crippen LogP contribution < -0.4 is 9.47 Å². The highest BCUT2D eigenvalue weighted by molar-refractivity contribution is 7.13. The van der Waals surface area contributed by atoms with Crippen LogP contribution in [0.5, 0.6) is 11.5 Å². The van der Waals surface area contributed by atoms with Crippen molar-refractivity contribution in [3.05, 3.63) is 65.2 Å². The van der Waals surface area contributed by atoms with Crippen molar-refractivity contribution in [1.82, 2.24) is 4.98 Å². The number of carboxylic acid groups (broad SMARTS) is 1. The number of carboxylic acids is 1. The van der Waals surface area contributed by atoms with E-state index >= 15 is 0 Å². The van der Waals surface area contributed by atoms with Gasteiger partial charge in [0, 0.05) is 5.38 Å². The van der Waals surface area contributed by atoms with Crippen molar-refractivity contribution in [2.45, 2.75) is 13.3 Å². The van der Waals surface area contributed by atoms with Crippen molar-refractivity contribution >= 4 is 17.3 Å². The molecule has 0 amide bonds. The summed E-state index contributed by atoms with van der Waals surface area (Å²) in [6, 6.07) is 15.5. The average molecular weight is 369 g/mol. The first-order chi connectivity index (χ1) is 12.6. The Morgan fingerprint density at radius 2 is 1.81 bits per heavy atom. The van der Waals surface area contributed by atoms with Crippen molar-refractivity contribution in [3.8, 4) is 22.1 Å². The number of nitrogens with zero attached hydrogens (tertiary/aromatic N) is 1. The van der Waals surface area contributed by atoms with Crippen molar-refractivity contribution in [3.63, 3.8) is 0 Å². The number of thiazole rings is 1. The molecule has 2 aromatic carbocycles. The third kappa shape index (κ3) is 4.83.